The van der Waals surface area contributed by atoms with E-state index in [1.807, 2.05) is 25.1 Å². The molecule has 1 unspecified atom stereocenters. The number of aliphatic hydroxyl groups is 1. The van der Waals surface area contributed by atoms with E-state index in [4.69, 9.17) is 21.4 Å². The van der Waals surface area contributed by atoms with Crippen LogP contribution in [0.15, 0.2) is 24.3 Å². The van der Waals surface area contributed by atoms with Crippen LogP contribution in [0.3, 0.4) is 0 Å². The third kappa shape index (κ3) is 6.57. The lowest BCUT2D eigenvalue weighted by Crippen LogP contribution is -2.35. The molecule has 1 amide bonds. The number of benzene rings is 1. The summed E-state index contributed by atoms with van der Waals surface area (Å²) in [4.78, 5) is 11.6. The van der Waals surface area contributed by atoms with Crippen molar-refractivity contribution in [2.24, 2.45) is 0 Å². The van der Waals surface area contributed by atoms with E-state index in [0.29, 0.717) is 18.1 Å². The number of amides is 1. The Labute approximate surface area is 118 Å². The Hall–Kier alpha value is -1.10. The molecule has 0 spiro atoms. The molecule has 2 N–H and O–H groups in total. The summed E-state index contributed by atoms with van der Waals surface area (Å²) in [5.74, 6) is -0.155. The van der Waals surface area contributed by atoms with Gasteiger partial charge in [-0.05, 0) is 31.4 Å². The van der Waals surface area contributed by atoms with E-state index >= 15 is 0 Å². The minimum atomic E-state index is -0.155. The highest BCUT2D eigenvalue weighted by molar-refractivity contribution is 6.31. The first kappa shape index (κ1) is 16.0. The van der Waals surface area contributed by atoms with Crippen molar-refractivity contribution in [2.75, 3.05) is 13.2 Å². The van der Waals surface area contributed by atoms with Crippen LogP contribution in [-0.2, 0) is 16.1 Å². The van der Waals surface area contributed by atoms with Gasteiger partial charge in [0.05, 0.1) is 6.61 Å². The molecule has 0 aliphatic rings. The SMILES string of the molecule is CC(CCCO)NC(=O)COCc1ccccc1Cl. The molecular formula is C14H20ClNO3. The summed E-state index contributed by atoms with van der Waals surface area (Å²) in [6, 6.07) is 7.42. The van der Waals surface area contributed by atoms with Crippen molar-refractivity contribution < 1.29 is 14.6 Å². The Kier molecular flexibility index (Phi) is 7.48. The van der Waals surface area contributed by atoms with E-state index < -0.39 is 0 Å². The summed E-state index contributed by atoms with van der Waals surface area (Å²) < 4.78 is 5.32. The molecule has 0 radical (unpaired) electrons. The Morgan fingerprint density at radius 1 is 1.47 bits per heavy atom. The van der Waals surface area contributed by atoms with Crippen LogP contribution in [0.4, 0.5) is 0 Å². The summed E-state index contributed by atoms with van der Waals surface area (Å²) in [5.41, 5.74) is 0.866. The molecule has 0 bridgehead atoms. The highest BCUT2D eigenvalue weighted by Gasteiger charge is 2.07. The second kappa shape index (κ2) is 8.91. The van der Waals surface area contributed by atoms with Crippen LogP contribution < -0.4 is 5.32 Å². The van der Waals surface area contributed by atoms with E-state index in [0.717, 1.165) is 12.0 Å². The number of carbonyl (C=O) groups excluding carboxylic acids is 1. The van der Waals surface area contributed by atoms with Gasteiger partial charge < -0.3 is 15.2 Å². The average Bonchev–Trinajstić information content (AvgIpc) is 2.38. The van der Waals surface area contributed by atoms with Crippen molar-refractivity contribution in [1.29, 1.82) is 0 Å². The van der Waals surface area contributed by atoms with Gasteiger partial charge in [-0.25, -0.2) is 0 Å². The fourth-order valence-electron chi connectivity index (χ4n) is 1.66. The van der Waals surface area contributed by atoms with E-state index in [-0.39, 0.29) is 25.2 Å². The smallest absolute Gasteiger partial charge is 0.246 e. The lowest BCUT2D eigenvalue weighted by atomic mass is 10.2. The van der Waals surface area contributed by atoms with Gasteiger partial charge in [-0.2, -0.15) is 0 Å². The second-order valence-electron chi connectivity index (χ2n) is 4.42. The second-order valence-corrected chi connectivity index (χ2v) is 4.83. The van der Waals surface area contributed by atoms with E-state index in [2.05, 4.69) is 5.32 Å². The number of nitrogens with one attached hydrogen (secondary N) is 1. The maximum absolute atomic E-state index is 11.6. The lowest BCUT2D eigenvalue weighted by molar-refractivity contribution is -0.126. The molecule has 1 aromatic carbocycles. The van der Waals surface area contributed by atoms with Gasteiger partial charge in [0.2, 0.25) is 5.91 Å². The van der Waals surface area contributed by atoms with Crippen molar-refractivity contribution in [2.45, 2.75) is 32.4 Å². The van der Waals surface area contributed by atoms with Gasteiger partial charge in [-0.3, -0.25) is 4.79 Å². The van der Waals surface area contributed by atoms with Crippen LogP contribution in [0.2, 0.25) is 5.02 Å². The van der Waals surface area contributed by atoms with Crippen molar-refractivity contribution in [3.05, 3.63) is 34.9 Å². The molecule has 0 saturated carbocycles. The van der Waals surface area contributed by atoms with Crippen LogP contribution in [0.5, 0.6) is 0 Å². The predicted molar refractivity (Wildman–Crippen MR) is 75.0 cm³/mol. The van der Waals surface area contributed by atoms with Crippen molar-refractivity contribution in [1.82, 2.24) is 5.32 Å². The third-order valence-corrected chi connectivity index (χ3v) is 3.02. The highest BCUT2D eigenvalue weighted by atomic mass is 35.5. The first-order chi connectivity index (χ1) is 9.13. The highest BCUT2D eigenvalue weighted by Crippen LogP contribution is 2.15. The standard InChI is InChI=1S/C14H20ClNO3/c1-11(5-4-8-17)16-14(18)10-19-9-12-6-2-3-7-13(12)15/h2-3,6-7,11,17H,4-5,8-10H2,1H3,(H,16,18). The minimum Gasteiger partial charge on any atom is -0.396 e. The molecule has 0 aliphatic carbocycles. The van der Waals surface area contributed by atoms with Gasteiger partial charge >= 0.3 is 0 Å². The molecule has 0 fully saturated rings. The minimum absolute atomic E-state index is 0.00862. The third-order valence-electron chi connectivity index (χ3n) is 2.65. The van der Waals surface area contributed by atoms with E-state index in [9.17, 15) is 4.79 Å². The molecule has 1 aromatic rings. The first-order valence-electron chi connectivity index (χ1n) is 6.35. The molecule has 0 saturated heterocycles. The summed E-state index contributed by atoms with van der Waals surface area (Å²) in [6.07, 6.45) is 1.44. The summed E-state index contributed by atoms with van der Waals surface area (Å²) >= 11 is 5.98. The molecule has 1 atom stereocenters. The zero-order chi connectivity index (χ0) is 14.1. The van der Waals surface area contributed by atoms with Crippen LogP contribution in [0, 0.1) is 0 Å². The van der Waals surface area contributed by atoms with Crippen LogP contribution in [0.25, 0.3) is 0 Å². The average molecular weight is 286 g/mol. The molecular weight excluding hydrogens is 266 g/mol. The number of ether oxygens (including phenoxy) is 1. The zero-order valence-corrected chi connectivity index (χ0v) is 11.8. The molecule has 19 heavy (non-hydrogen) atoms. The van der Waals surface area contributed by atoms with Gasteiger partial charge in [0.15, 0.2) is 0 Å². The van der Waals surface area contributed by atoms with Gasteiger partial charge in [-0.15, -0.1) is 0 Å². The van der Waals surface area contributed by atoms with E-state index in [1.165, 1.54) is 0 Å². The van der Waals surface area contributed by atoms with Gasteiger partial charge in [0.1, 0.15) is 6.61 Å². The maximum atomic E-state index is 11.6. The molecule has 0 aromatic heterocycles. The summed E-state index contributed by atoms with van der Waals surface area (Å²) in [6.45, 7) is 2.37. The van der Waals surface area contributed by atoms with Crippen LogP contribution in [-0.4, -0.2) is 30.3 Å². The Morgan fingerprint density at radius 3 is 2.89 bits per heavy atom. The fourth-order valence-corrected chi connectivity index (χ4v) is 1.85. The molecule has 0 aliphatic heterocycles. The van der Waals surface area contributed by atoms with Crippen molar-refractivity contribution >= 4 is 17.5 Å². The van der Waals surface area contributed by atoms with Crippen molar-refractivity contribution in [3.63, 3.8) is 0 Å². The molecule has 5 heteroatoms. The summed E-state index contributed by atoms with van der Waals surface area (Å²) in [7, 11) is 0. The van der Waals surface area contributed by atoms with Gasteiger partial charge in [0.25, 0.3) is 0 Å². The van der Waals surface area contributed by atoms with Crippen LogP contribution in [0.1, 0.15) is 25.3 Å². The monoisotopic (exact) mass is 285 g/mol. The number of rotatable bonds is 8. The van der Waals surface area contributed by atoms with Gasteiger partial charge in [0, 0.05) is 17.7 Å². The lowest BCUT2D eigenvalue weighted by Gasteiger charge is -2.13. The Morgan fingerprint density at radius 2 is 2.21 bits per heavy atom. The predicted octanol–water partition coefficient (Wildman–Crippen LogP) is 2.13. The van der Waals surface area contributed by atoms with E-state index in [1.54, 1.807) is 6.07 Å². The number of carbonyl (C=O) groups is 1. The first-order valence-corrected chi connectivity index (χ1v) is 6.72. The normalized spacial score (nSPS) is 12.2. The molecule has 106 valence electrons. The number of hydrogen-bond donors (Lipinski definition) is 2. The number of hydrogen-bond acceptors (Lipinski definition) is 3. The largest absolute Gasteiger partial charge is 0.396 e. The fraction of sp³-hybridized carbons (Fsp3) is 0.500. The summed E-state index contributed by atoms with van der Waals surface area (Å²) in [5, 5.41) is 12.1. The van der Waals surface area contributed by atoms with Crippen LogP contribution >= 0.6 is 11.6 Å². The van der Waals surface area contributed by atoms with Crippen molar-refractivity contribution in [3.8, 4) is 0 Å². The zero-order valence-electron chi connectivity index (χ0n) is 11.1. The quantitative estimate of drug-likeness (QED) is 0.769. The number of aliphatic hydroxyl groups excluding tert-OH is 1. The number of halogens is 1. The molecule has 4 nitrogen and oxygen atoms in total. The maximum Gasteiger partial charge on any atom is 0.246 e. The Balaban J connectivity index is 2.22. The Bertz CT molecular complexity index is 398. The topological polar surface area (TPSA) is 58.6 Å². The molecule has 1 rings (SSSR count). The van der Waals surface area contributed by atoms with Gasteiger partial charge in [-0.1, -0.05) is 29.8 Å². The molecule has 0 heterocycles.